The Morgan fingerprint density at radius 1 is 1.32 bits per heavy atom. The van der Waals surface area contributed by atoms with Crippen molar-refractivity contribution in [1.29, 1.82) is 0 Å². The van der Waals surface area contributed by atoms with Crippen LogP contribution in [0.2, 0.25) is 0 Å². The van der Waals surface area contributed by atoms with Crippen LogP contribution in [0, 0.1) is 11.3 Å². The fourth-order valence-corrected chi connectivity index (χ4v) is 4.10. The Bertz CT molecular complexity index is 788. The lowest BCUT2D eigenvalue weighted by atomic mass is 9.91. The maximum atomic E-state index is 12.4. The number of amides is 3. The molecule has 9 heteroatoms. The highest BCUT2D eigenvalue weighted by Gasteiger charge is 2.55. The molecule has 4 rings (SSSR count). The van der Waals surface area contributed by atoms with Gasteiger partial charge in [-0.2, -0.15) is 9.89 Å². The Balaban J connectivity index is 1.21. The fraction of sp³-hybridized carbons (Fsp3) is 0.684. The monoisotopic (exact) mass is 388 g/mol. The second-order valence-electron chi connectivity index (χ2n) is 8.99. The van der Waals surface area contributed by atoms with Crippen molar-refractivity contribution in [2.75, 3.05) is 19.6 Å². The minimum Gasteiger partial charge on any atom is -0.444 e. The summed E-state index contributed by atoms with van der Waals surface area (Å²) in [5, 5.41) is 11.2. The number of hydrogen-bond acceptors (Lipinski definition) is 5. The molecule has 1 saturated carbocycles. The minimum atomic E-state index is -0.464. The second kappa shape index (κ2) is 6.79. The lowest BCUT2D eigenvalue weighted by Crippen LogP contribution is -2.44. The van der Waals surface area contributed by atoms with E-state index in [2.05, 4.69) is 15.5 Å². The molecule has 0 aromatic carbocycles. The van der Waals surface area contributed by atoms with Crippen LogP contribution in [0.5, 0.6) is 0 Å². The van der Waals surface area contributed by atoms with E-state index in [1.54, 1.807) is 16.0 Å². The molecule has 0 radical (unpaired) electrons. The molecule has 1 aromatic heterocycles. The standard InChI is InChI=1S/C19H28N6O3/c1-18(2,3)28-17(27)23-8-5-19(6-9-23)10-14(19)11-20-16(26)24-12-15-4-7-21-25(15)22-13-24/h4,7,13-14H,5-6,8-12H2,1-3H3,(H,20,26). The van der Waals surface area contributed by atoms with E-state index < -0.39 is 5.60 Å². The van der Waals surface area contributed by atoms with E-state index in [1.165, 1.54) is 11.1 Å². The van der Waals surface area contributed by atoms with Crippen molar-refractivity contribution in [3.8, 4) is 0 Å². The topological polar surface area (TPSA) is 92.1 Å². The van der Waals surface area contributed by atoms with Gasteiger partial charge in [0.1, 0.15) is 11.9 Å². The van der Waals surface area contributed by atoms with Gasteiger partial charge in [-0.3, -0.25) is 4.90 Å². The highest BCUT2D eigenvalue weighted by Crippen LogP contribution is 2.59. The number of carbonyl (C=O) groups is 2. The normalized spacial score (nSPS) is 22.8. The smallest absolute Gasteiger partial charge is 0.410 e. The lowest BCUT2D eigenvalue weighted by molar-refractivity contribution is 0.0165. The third kappa shape index (κ3) is 3.83. The number of carbonyl (C=O) groups excluding carboxylic acids is 2. The largest absolute Gasteiger partial charge is 0.444 e. The Labute approximate surface area is 164 Å². The van der Waals surface area contributed by atoms with E-state index >= 15 is 0 Å². The summed E-state index contributed by atoms with van der Waals surface area (Å²) in [5.41, 5.74) is 0.684. The van der Waals surface area contributed by atoms with Gasteiger partial charge in [0.15, 0.2) is 0 Å². The molecule has 1 N–H and O–H groups in total. The molecule has 1 unspecified atom stereocenters. The summed E-state index contributed by atoms with van der Waals surface area (Å²) in [6, 6.07) is 1.72. The van der Waals surface area contributed by atoms with Crippen molar-refractivity contribution in [2.24, 2.45) is 16.4 Å². The molecular formula is C19H28N6O3. The van der Waals surface area contributed by atoms with Gasteiger partial charge in [0.2, 0.25) is 0 Å². The molecule has 2 fully saturated rings. The molecule has 3 amide bonds. The molecule has 2 aliphatic heterocycles. The average molecular weight is 388 g/mol. The number of aromatic nitrogens is 2. The summed E-state index contributed by atoms with van der Waals surface area (Å²) in [5.74, 6) is 0.476. The average Bonchev–Trinajstić information content (AvgIpc) is 3.09. The van der Waals surface area contributed by atoms with Gasteiger partial charge in [0.05, 0.1) is 18.4 Å². The summed E-state index contributed by atoms with van der Waals surface area (Å²) in [6.07, 6.45) is 6.00. The van der Waals surface area contributed by atoms with Crippen LogP contribution in [0.3, 0.4) is 0 Å². The summed E-state index contributed by atoms with van der Waals surface area (Å²) in [7, 11) is 0. The molecular weight excluding hydrogens is 360 g/mol. The zero-order valence-electron chi connectivity index (χ0n) is 16.7. The molecule has 1 spiro atoms. The highest BCUT2D eigenvalue weighted by molar-refractivity contribution is 5.86. The van der Waals surface area contributed by atoms with Crippen LogP contribution >= 0.6 is 0 Å². The molecule has 0 bridgehead atoms. The Morgan fingerprint density at radius 3 is 2.79 bits per heavy atom. The number of likely N-dealkylation sites (tertiary alicyclic amines) is 1. The van der Waals surface area contributed by atoms with Gasteiger partial charge in [-0.1, -0.05) is 0 Å². The highest BCUT2D eigenvalue weighted by atomic mass is 16.6. The summed E-state index contributed by atoms with van der Waals surface area (Å²) >= 11 is 0. The molecule has 1 saturated heterocycles. The minimum absolute atomic E-state index is 0.135. The number of hydrogen-bond donors (Lipinski definition) is 1. The second-order valence-corrected chi connectivity index (χ2v) is 8.99. The summed E-state index contributed by atoms with van der Waals surface area (Å²) in [4.78, 5) is 29.5. The Morgan fingerprint density at radius 2 is 2.07 bits per heavy atom. The third-order valence-corrected chi connectivity index (χ3v) is 5.86. The fourth-order valence-electron chi connectivity index (χ4n) is 4.10. The van der Waals surface area contributed by atoms with Crippen molar-refractivity contribution >= 4 is 18.5 Å². The summed E-state index contributed by atoms with van der Waals surface area (Å²) < 4.78 is 5.46. The molecule has 1 atom stereocenters. The van der Waals surface area contributed by atoms with Crippen LogP contribution < -0.4 is 5.32 Å². The van der Waals surface area contributed by atoms with Gasteiger partial charge < -0.3 is 15.0 Å². The number of piperidine rings is 1. The van der Waals surface area contributed by atoms with E-state index in [0.717, 1.165) is 38.0 Å². The first-order valence-corrected chi connectivity index (χ1v) is 9.86. The van der Waals surface area contributed by atoms with Gasteiger partial charge in [-0.25, -0.2) is 9.59 Å². The van der Waals surface area contributed by atoms with E-state index in [9.17, 15) is 9.59 Å². The van der Waals surface area contributed by atoms with Crippen LogP contribution in [0.4, 0.5) is 9.59 Å². The number of urea groups is 1. The maximum Gasteiger partial charge on any atom is 0.410 e. The Kier molecular flexibility index (Phi) is 4.55. The molecule has 28 heavy (non-hydrogen) atoms. The zero-order chi connectivity index (χ0) is 19.9. The molecule has 3 heterocycles. The van der Waals surface area contributed by atoms with Crippen molar-refractivity contribution in [3.05, 3.63) is 18.0 Å². The zero-order valence-corrected chi connectivity index (χ0v) is 16.7. The maximum absolute atomic E-state index is 12.4. The van der Waals surface area contributed by atoms with Crippen LogP contribution in [0.15, 0.2) is 17.4 Å². The van der Waals surface area contributed by atoms with Crippen LogP contribution in [0.1, 0.15) is 45.7 Å². The molecule has 152 valence electrons. The molecule has 3 aliphatic rings. The van der Waals surface area contributed by atoms with E-state index in [-0.39, 0.29) is 17.5 Å². The van der Waals surface area contributed by atoms with Crippen LogP contribution in [-0.2, 0) is 11.3 Å². The van der Waals surface area contributed by atoms with E-state index in [1.807, 2.05) is 26.8 Å². The van der Waals surface area contributed by atoms with Crippen LogP contribution in [-0.4, -0.2) is 63.4 Å². The van der Waals surface area contributed by atoms with Crippen molar-refractivity contribution in [2.45, 2.75) is 52.2 Å². The number of rotatable bonds is 2. The van der Waals surface area contributed by atoms with E-state index in [4.69, 9.17) is 4.74 Å². The molecule has 1 aliphatic carbocycles. The first-order chi connectivity index (χ1) is 13.3. The van der Waals surface area contributed by atoms with Gasteiger partial charge in [-0.05, 0) is 57.4 Å². The summed E-state index contributed by atoms with van der Waals surface area (Å²) in [6.45, 7) is 8.24. The van der Waals surface area contributed by atoms with Gasteiger partial charge >= 0.3 is 12.1 Å². The first-order valence-electron chi connectivity index (χ1n) is 9.86. The van der Waals surface area contributed by atoms with E-state index in [0.29, 0.717) is 19.0 Å². The predicted molar refractivity (Wildman–Crippen MR) is 103 cm³/mol. The number of fused-ring (bicyclic) bond motifs is 1. The molecule has 9 nitrogen and oxygen atoms in total. The predicted octanol–water partition coefficient (Wildman–Crippen LogP) is 2.24. The number of ether oxygens (including phenoxy) is 1. The lowest BCUT2D eigenvalue weighted by Gasteiger charge is -2.34. The van der Waals surface area contributed by atoms with Crippen molar-refractivity contribution in [1.82, 2.24) is 25.0 Å². The number of nitrogens with zero attached hydrogens (tertiary/aromatic N) is 5. The third-order valence-electron chi connectivity index (χ3n) is 5.86. The Hall–Kier alpha value is -2.58. The van der Waals surface area contributed by atoms with Crippen molar-refractivity contribution in [3.63, 3.8) is 0 Å². The van der Waals surface area contributed by atoms with Gasteiger partial charge in [-0.15, -0.1) is 5.10 Å². The van der Waals surface area contributed by atoms with Crippen molar-refractivity contribution < 1.29 is 14.3 Å². The quantitative estimate of drug-likeness (QED) is 0.841. The molecule has 1 aromatic rings. The SMILES string of the molecule is CC(C)(C)OC(=O)N1CCC2(CC1)CC2CNC(=O)N1C=Nn2nccc2C1. The van der Waals surface area contributed by atoms with Gasteiger partial charge in [0, 0.05) is 19.6 Å². The van der Waals surface area contributed by atoms with Crippen LogP contribution in [0.25, 0.3) is 0 Å². The number of nitrogens with one attached hydrogen (secondary N) is 1. The van der Waals surface area contributed by atoms with Gasteiger partial charge in [0.25, 0.3) is 0 Å². The first kappa shape index (κ1) is 18.8.